The highest BCUT2D eigenvalue weighted by Crippen LogP contribution is 2.25. The summed E-state index contributed by atoms with van der Waals surface area (Å²) in [6.07, 6.45) is 0. The van der Waals surface area contributed by atoms with Crippen LogP contribution < -0.4 is 0 Å². The maximum absolute atomic E-state index is 12.9. The van der Waals surface area contributed by atoms with Crippen LogP contribution in [0.4, 0.5) is 0 Å². The minimum Gasteiger partial charge on any atom is -0.296 e. The van der Waals surface area contributed by atoms with Gasteiger partial charge in [-0.3, -0.25) is 4.90 Å². The lowest BCUT2D eigenvalue weighted by Gasteiger charge is -2.34. The van der Waals surface area contributed by atoms with Gasteiger partial charge in [0, 0.05) is 42.8 Å². The first-order valence-electron chi connectivity index (χ1n) is 8.07. The van der Waals surface area contributed by atoms with Crippen LogP contribution in [0.2, 0.25) is 10.0 Å². The van der Waals surface area contributed by atoms with Crippen molar-refractivity contribution >= 4 is 33.2 Å². The predicted molar refractivity (Wildman–Crippen MR) is 102 cm³/mol. The fourth-order valence-corrected chi connectivity index (χ4v) is 5.00. The van der Waals surface area contributed by atoms with Gasteiger partial charge in [0.1, 0.15) is 11.0 Å². The Morgan fingerprint density at radius 1 is 1.00 bits per heavy atom. The number of piperazine rings is 1. The molecule has 0 aromatic heterocycles. The molecule has 1 aliphatic heterocycles. The van der Waals surface area contributed by atoms with Crippen molar-refractivity contribution in [3.8, 4) is 6.07 Å². The molecule has 0 atom stereocenters. The van der Waals surface area contributed by atoms with Crippen LogP contribution in [0.25, 0.3) is 0 Å². The van der Waals surface area contributed by atoms with E-state index in [9.17, 15) is 13.7 Å². The zero-order valence-electron chi connectivity index (χ0n) is 13.9. The molecule has 1 fully saturated rings. The van der Waals surface area contributed by atoms with Gasteiger partial charge in [0.15, 0.2) is 0 Å². The third-order valence-corrected chi connectivity index (χ3v) is 6.72. The Kier molecular flexibility index (Phi) is 5.86. The van der Waals surface area contributed by atoms with Gasteiger partial charge in [0.05, 0.1) is 5.56 Å². The lowest BCUT2D eigenvalue weighted by Crippen LogP contribution is -2.48. The summed E-state index contributed by atoms with van der Waals surface area (Å²) in [6, 6.07) is 13.9. The van der Waals surface area contributed by atoms with Crippen LogP contribution in [0.5, 0.6) is 0 Å². The molecule has 0 aliphatic carbocycles. The van der Waals surface area contributed by atoms with E-state index < -0.39 is 10.0 Å². The Morgan fingerprint density at radius 2 is 1.69 bits per heavy atom. The van der Waals surface area contributed by atoms with Gasteiger partial charge in [0.25, 0.3) is 0 Å². The molecule has 0 unspecified atom stereocenters. The second kappa shape index (κ2) is 7.95. The smallest absolute Gasteiger partial charge is 0.244 e. The average Bonchev–Trinajstić information content (AvgIpc) is 2.62. The molecule has 0 radical (unpaired) electrons. The van der Waals surface area contributed by atoms with E-state index in [1.54, 1.807) is 0 Å². The fourth-order valence-electron chi connectivity index (χ4n) is 2.96. The van der Waals surface area contributed by atoms with Crippen LogP contribution in [0, 0.1) is 11.3 Å². The molecule has 136 valence electrons. The highest BCUT2D eigenvalue weighted by atomic mass is 35.5. The standard InChI is InChI=1S/C18H17Cl2N3O2S/c19-16-3-1-2-14(10-16)13-22-6-8-23(9-7-22)26(24,25)18-11-17(20)5-4-15(18)12-21/h1-5,10-11H,6-9,13H2. The molecular formula is C18H17Cl2N3O2S. The maximum atomic E-state index is 12.9. The van der Waals surface area contributed by atoms with Crippen molar-refractivity contribution in [2.45, 2.75) is 11.4 Å². The fraction of sp³-hybridized carbons (Fsp3) is 0.278. The molecule has 0 saturated carbocycles. The van der Waals surface area contributed by atoms with Crippen LogP contribution in [-0.4, -0.2) is 43.8 Å². The highest BCUT2D eigenvalue weighted by molar-refractivity contribution is 7.89. The Bertz CT molecular complexity index is 949. The van der Waals surface area contributed by atoms with Gasteiger partial charge >= 0.3 is 0 Å². The summed E-state index contributed by atoms with van der Waals surface area (Å²) in [5.41, 5.74) is 1.20. The summed E-state index contributed by atoms with van der Waals surface area (Å²) in [4.78, 5) is 2.15. The summed E-state index contributed by atoms with van der Waals surface area (Å²) in [6.45, 7) is 2.65. The van der Waals surface area contributed by atoms with Crippen molar-refractivity contribution in [3.05, 3.63) is 63.6 Å². The zero-order valence-corrected chi connectivity index (χ0v) is 16.2. The van der Waals surface area contributed by atoms with E-state index in [0.717, 1.165) is 12.1 Å². The monoisotopic (exact) mass is 409 g/mol. The number of rotatable bonds is 4. The number of sulfonamides is 1. The van der Waals surface area contributed by atoms with Crippen LogP contribution in [0.1, 0.15) is 11.1 Å². The van der Waals surface area contributed by atoms with Gasteiger partial charge < -0.3 is 0 Å². The van der Waals surface area contributed by atoms with Crippen molar-refractivity contribution in [3.63, 3.8) is 0 Å². The quantitative estimate of drug-likeness (QED) is 0.776. The largest absolute Gasteiger partial charge is 0.296 e. The molecular weight excluding hydrogens is 393 g/mol. The number of nitriles is 1. The number of hydrogen-bond acceptors (Lipinski definition) is 4. The molecule has 26 heavy (non-hydrogen) atoms. The Balaban J connectivity index is 1.71. The van der Waals surface area contributed by atoms with E-state index in [1.807, 2.05) is 30.3 Å². The van der Waals surface area contributed by atoms with E-state index >= 15 is 0 Å². The van der Waals surface area contributed by atoms with Gasteiger partial charge in [0.2, 0.25) is 10.0 Å². The molecule has 0 N–H and O–H groups in total. The molecule has 3 rings (SSSR count). The van der Waals surface area contributed by atoms with Crippen LogP contribution >= 0.6 is 23.2 Å². The Hall–Kier alpha value is -1.62. The summed E-state index contributed by atoms with van der Waals surface area (Å²) in [5.74, 6) is 0. The van der Waals surface area contributed by atoms with Gasteiger partial charge in [-0.25, -0.2) is 8.42 Å². The number of benzene rings is 2. The van der Waals surface area contributed by atoms with Gasteiger partial charge in [-0.05, 0) is 35.9 Å². The van der Waals surface area contributed by atoms with Crippen molar-refractivity contribution in [2.75, 3.05) is 26.2 Å². The first-order valence-corrected chi connectivity index (χ1v) is 10.3. The lowest BCUT2D eigenvalue weighted by molar-refractivity contribution is 0.181. The normalized spacial score (nSPS) is 16.3. The van der Waals surface area contributed by atoms with Crippen molar-refractivity contribution in [1.29, 1.82) is 5.26 Å². The molecule has 0 bridgehead atoms. The van der Waals surface area contributed by atoms with Gasteiger partial charge in [-0.15, -0.1) is 0 Å². The molecule has 2 aromatic rings. The second-order valence-corrected chi connectivity index (χ2v) is 8.84. The third kappa shape index (κ3) is 4.20. The minimum absolute atomic E-state index is 0.0317. The van der Waals surface area contributed by atoms with Crippen LogP contribution in [0.15, 0.2) is 47.4 Å². The van der Waals surface area contributed by atoms with E-state index in [0.29, 0.717) is 36.2 Å². The molecule has 1 aliphatic rings. The van der Waals surface area contributed by atoms with Crippen molar-refractivity contribution < 1.29 is 8.42 Å². The van der Waals surface area contributed by atoms with E-state index in [2.05, 4.69) is 4.90 Å². The zero-order chi connectivity index (χ0) is 18.7. The van der Waals surface area contributed by atoms with E-state index in [4.69, 9.17) is 23.2 Å². The Labute approximate surface area is 163 Å². The van der Waals surface area contributed by atoms with E-state index in [-0.39, 0.29) is 10.5 Å². The van der Waals surface area contributed by atoms with Crippen molar-refractivity contribution in [2.24, 2.45) is 0 Å². The van der Waals surface area contributed by atoms with Gasteiger partial charge in [-0.1, -0.05) is 35.3 Å². The molecule has 5 nitrogen and oxygen atoms in total. The van der Waals surface area contributed by atoms with Crippen LogP contribution in [-0.2, 0) is 16.6 Å². The SMILES string of the molecule is N#Cc1ccc(Cl)cc1S(=O)(=O)N1CCN(Cc2cccc(Cl)c2)CC1. The highest BCUT2D eigenvalue weighted by Gasteiger charge is 2.30. The lowest BCUT2D eigenvalue weighted by atomic mass is 10.2. The molecule has 2 aromatic carbocycles. The molecule has 1 heterocycles. The first-order chi connectivity index (χ1) is 12.4. The summed E-state index contributed by atoms with van der Waals surface area (Å²) >= 11 is 11.9. The first kappa shape index (κ1) is 19.2. The number of halogens is 2. The second-order valence-electron chi connectivity index (χ2n) is 6.06. The molecule has 0 spiro atoms. The maximum Gasteiger partial charge on any atom is 0.244 e. The Morgan fingerprint density at radius 3 is 2.35 bits per heavy atom. The summed E-state index contributed by atoms with van der Waals surface area (Å²) < 4.78 is 27.2. The summed E-state index contributed by atoms with van der Waals surface area (Å²) in [7, 11) is -3.75. The molecule has 8 heteroatoms. The summed E-state index contributed by atoms with van der Waals surface area (Å²) in [5, 5.41) is 10.2. The van der Waals surface area contributed by atoms with E-state index in [1.165, 1.54) is 22.5 Å². The van der Waals surface area contributed by atoms with Crippen LogP contribution in [0.3, 0.4) is 0 Å². The molecule has 1 saturated heterocycles. The number of nitrogens with zero attached hydrogens (tertiary/aromatic N) is 3. The average molecular weight is 410 g/mol. The van der Waals surface area contributed by atoms with Gasteiger partial charge in [-0.2, -0.15) is 9.57 Å². The minimum atomic E-state index is -3.75. The third-order valence-electron chi connectivity index (χ3n) is 4.31. The topological polar surface area (TPSA) is 64.4 Å². The number of hydrogen-bond donors (Lipinski definition) is 0. The predicted octanol–water partition coefficient (Wildman–Crippen LogP) is 3.37. The molecule has 0 amide bonds. The van der Waals surface area contributed by atoms with Crippen molar-refractivity contribution in [1.82, 2.24) is 9.21 Å².